The Balaban J connectivity index is -0.0000000148. The van der Waals surface area contributed by atoms with E-state index in [4.69, 9.17) is 18.6 Å². The smallest absolute Gasteiger partial charge is 0 e. The van der Waals surface area contributed by atoms with Gasteiger partial charge in [0.25, 0.3) is 0 Å². The molecule has 2 unspecified atom stereocenters. The van der Waals surface area contributed by atoms with Crippen LogP contribution >= 0.6 is 37.1 Å². The van der Waals surface area contributed by atoms with Crippen LogP contribution in [0.15, 0.2) is 0 Å². The molecule has 10 heteroatoms. The first-order valence-corrected chi connectivity index (χ1v) is 14.0. The minimum absolute atomic E-state index is 0. The van der Waals surface area contributed by atoms with E-state index < -0.39 is 17.0 Å². The van der Waals surface area contributed by atoms with Crippen LogP contribution in [0.25, 0.3) is 0 Å². The van der Waals surface area contributed by atoms with E-state index in [1.54, 1.807) is 0 Å². The summed E-state index contributed by atoms with van der Waals surface area (Å²) < 4.78 is 0. The first kappa shape index (κ1) is 63.5. The zero-order valence-electron chi connectivity index (χ0n) is 17.4. The van der Waals surface area contributed by atoms with Crippen molar-refractivity contribution in [1.29, 1.82) is 0 Å². The Kier molecular flexibility index (Phi) is 237. The van der Waals surface area contributed by atoms with Crippen LogP contribution in [-0.4, -0.2) is 12.3 Å². The second kappa shape index (κ2) is 97.1. The van der Waals surface area contributed by atoms with Crippen LogP contribution in [0.5, 0.6) is 0 Å². The topological polar surface area (TPSA) is 0 Å². The molecule has 0 aromatic heterocycles. The maximum Gasteiger partial charge on any atom is 2.00 e. The van der Waals surface area contributed by atoms with Gasteiger partial charge < -0.3 is 13.8 Å². The van der Waals surface area contributed by atoms with E-state index in [9.17, 15) is 0 Å². The molecule has 0 spiro atoms. The molecule has 0 N–H and O–H groups in total. The zero-order chi connectivity index (χ0) is 17.8. The SMILES string of the molecule is CCCCP.CCCCP.[CH2-]CCC.[CH2-]CCC.[Cl][Ti][Cl].[Ti+2].[Ti].[Ti].[Ti].[Ti]. The number of hydrogen-bond acceptors (Lipinski definition) is 0. The monoisotopic (exact) mass is 652 g/mol. The van der Waals surface area contributed by atoms with Gasteiger partial charge in [0.05, 0.1) is 0 Å². The van der Waals surface area contributed by atoms with E-state index in [-0.39, 0.29) is 109 Å². The van der Waals surface area contributed by atoms with Gasteiger partial charge in [-0.25, -0.2) is 0 Å². The molecule has 0 saturated carbocycles. The largest absolute Gasteiger partial charge is 2.00 e. The molecule has 0 amide bonds. The number of halogens is 2. The molecule has 0 saturated heterocycles. The van der Waals surface area contributed by atoms with Gasteiger partial charge in [0, 0.05) is 86.9 Å². The van der Waals surface area contributed by atoms with Gasteiger partial charge >= 0.3 is 57.4 Å². The summed E-state index contributed by atoms with van der Waals surface area (Å²) in [5.41, 5.74) is 0. The summed E-state index contributed by atoms with van der Waals surface area (Å²) in [7, 11) is 15.2. The van der Waals surface area contributed by atoms with E-state index >= 15 is 0 Å². The van der Waals surface area contributed by atoms with Crippen molar-refractivity contribution < 1.29 is 126 Å². The molecule has 0 aliphatic carbocycles. The molecule has 0 aliphatic heterocycles. The molecular weight excluding hydrogens is 612 g/mol. The third kappa shape index (κ3) is 178. The summed E-state index contributed by atoms with van der Waals surface area (Å²) in [6, 6.07) is 0. The summed E-state index contributed by atoms with van der Waals surface area (Å²) in [4.78, 5) is 0. The summed E-state index contributed by atoms with van der Waals surface area (Å²) in [5.74, 6) is 0. The van der Waals surface area contributed by atoms with E-state index in [2.05, 4.69) is 60.0 Å². The molecule has 0 rings (SSSR count). The van der Waals surface area contributed by atoms with Gasteiger partial charge in [0.2, 0.25) is 0 Å². The first-order chi connectivity index (χ1) is 10.1. The summed E-state index contributed by atoms with van der Waals surface area (Å²) >= 11 is -0.556. The molecule has 0 radical (unpaired) electrons. The van der Waals surface area contributed by atoms with Gasteiger partial charge in [0.15, 0.2) is 0 Å². The average molecular weight is 653 g/mol. The van der Waals surface area contributed by atoms with Gasteiger partial charge in [0.1, 0.15) is 0 Å². The average Bonchev–Trinajstić information content (AvgIpc) is 2.51. The fourth-order valence-corrected chi connectivity index (χ4v) is 1.22. The van der Waals surface area contributed by atoms with Crippen molar-refractivity contribution in [3.05, 3.63) is 13.8 Å². The molecule has 26 heavy (non-hydrogen) atoms. The predicted octanol–water partition coefficient (Wildman–Crippen LogP) is 7.93. The summed E-state index contributed by atoms with van der Waals surface area (Å²) in [6.45, 7) is 15.8. The molecule has 152 valence electrons. The fraction of sp³-hybridized carbons (Fsp3) is 0.875. The molecule has 0 bridgehead atoms. The number of hydrogen-bond donors (Lipinski definition) is 0. The van der Waals surface area contributed by atoms with Crippen LogP contribution in [-0.2, 0) is 126 Å². The Morgan fingerprint density at radius 3 is 0.808 bits per heavy atom. The van der Waals surface area contributed by atoms with Crippen LogP contribution in [0.1, 0.15) is 79.1 Å². The molecule has 0 heterocycles. The Morgan fingerprint density at radius 2 is 0.808 bits per heavy atom. The Hall–Kier alpha value is 5.73. The maximum absolute atomic E-state index is 4.89. The van der Waals surface area contributed by atoms with Gasteiger partial charge in [-0.2, -0.15) is 12.8 Å². The molecule has 0 aliphatic rings. The number of unbranched alkanes of at least 4 members (excludes halogenated alkanes) is 4. The minimum Gasteiger partial charge on any atom is 0 e. The van der Waals surface area contributed by atoms with Gasteiger partial charge in [-0.15, -0.1) is 18.5 Å². The number of rotatable bonds is 6. The van der Waals surface area contributed by atoms with Crippen LogP contribution < -0.4 is 0 Å². The summed E-state index contributed by atoms with van der Waals surface area (Å²) in [5, 5.41) is 0. The van der Waals surface area contributed by atoms with E-state index in [1.165, 1.54) is 50.8 Å². The van der Waals surface area contributed by atoms with Crippen LogP contribution in [0, 0.1) is 13.8 Å². The molecule has 0 nitrogen and oxygen atoms in total. The predicted molar refractivity (Wildman–Crippen MR) is 111 cm³/mol. The van der Waals surface area contributed by atoms with Crippen molar-refractivity contribution in [2.75, 3.05) is 12.3 Å². The van der Waals surface area contributed by atoms with E-state index in [1.807, 2.05) is 0 Å². The molecule has 0 aromatic rings. The van der Waals surface area contributed by atoms with Crippen LogP contribution in [0.3, 0.4) is 0 Å². The third-order valence-corrected chi connectivity index (χ3v) is 2.64. The van der Waals surface area contributed by atoms with Gasteiger partial charge in [-0.1, -0.05) is 66.2 Å². The fourth-order valence-electron chi connectivity index (χ4n) is 0.408. The van der Waals surface area contributed by atoms with Gasteiger partial charge in [-0.3, -0.25) is 0 Å². The Morgan fingerprint density at radius 1 is 0.654 bits per heavy atom. The van der Waals surface area contributed by atoms with Crippen LogP contribution in [0.2, 0.25) is 0 Å². The van der Waals surface area contributed by atoms with Crippen molar-refractivity contribution in [2.45, 2.75) is 79.1 Å². The maximum atomic E-state index is 4.89. The molecular formula is C16H40Cl2P2Ti6. The normalized spacial score (nSPS) is 6.08. The van der Waals surface area contributed by atoms with Crippen molar-refractivity contribution in [1.82, 2.24) is 0 Å². The first-order valence-electron chi connectivity index (χ1n) is 8.02. The van der Waals surface area contributed by atoms with E-state index in [0.717, 1.165) is 12.8 Å². The quantitative estimate of drug-likeness (QED) is 0.155. The van der Waals surface area contributed by atoms with Crippen molar-refractivity contribution >= 4 is 37.1 Å². The van der Waals surface area contributed by atoms with Crippen LogP contribution in [0.4, 0.5) is 0 Å². The third-order valence-electron chi connectivity index (χ3n) is 1.82. The van der Waals surface area contributed by atoms with Crippen molar-refractivity contribution in [3.8, 4) is 0 Å². The standard InChI is InChI=1S/2C4H11P.2C4H9.2ClH.6Ti/c2*1-2-3-4-5;2*1-3-4-2;;;;;;;;/h2*2-5H2,1H3;2*1,3-4H2,2H3;2*1H;;;;;;/q;;2*-1;;;;;;;2*+2/p-2. The zero-order valence-corrected chi connectivity index (χ0v) is 30.6. The van der Waals surface area contributed by atoms with E-state index in [0.29, 0.717) is 0 Å². The van der Waals surface area contributed by atoms with Crippen molar-refractivity contribution in [3.63, 3.8) is 0 Å². The molecule has 0 aromatic carbocycles. The second-order valence-electron chi connectivity index (χ2n) is 4.06. The van der Waals surface area contributed by atoms with Crippen molar-refractivity contribution in [2.24, 2.45) is 0 Å². The Labute approximate surface area is 263 Å². The second-order valence-corrected chi connectivity index (χ2v) is 7.80. The molecule has 2 atom stereocenters. The minimum atomic E-state index is -0.556. The van der Waals surface area contributed by atoms with Gasteiger partial charge in [-0.05, 0) is 12.3 Å². The Bertz CT molecular complexity index is 96.8. The summed E-state index contributed by atoms with van der Waals surface area (Å²) in [6.07, 6.45) is 12.4. The molecule has 0 fully saturated rings.